The number of benzene rings is 2. The van der Waals surface area contributed by atoms with Crippen molar-refractivity contribution in [2.75, 3.05) is 5.32 Å². The maximum absolute atomic E-state index is 13.8. The van der Waals surface area contributed by atoms with Gasteiger partial charge in [0.1, 0.15) is 11.6 Å². The van der Waals surface area contributed by atoms with Crippen molar-refractivity contribution in [1.82, 2.24) is 19.6 Å². The molecule has 0 fully saturated rings. The molecule has 0 unspecified atom stereocenters. The Labute approximate surface area is 146 Å². The fourth-order valence-electron chi connectivity index (χ4n) is 2.52. The number of carbonyl (C=O) groups is 1. The van der Waals surface area contributed by atoms with E-state index in [1.54, 1.807) is 6.07 Å². The lowest BCUT2D eigenvalue weighted by molar-refractivity contribution is 0.102. The maximum atomic E-state index is 13.8. The Bertz CT molecular complexity index is 1170. The number of anilines is 1. The van der Waals surface area contributed by atoms with Crippen LogP contribution in [0.3, 0.4) is 0 Å². The van der Waals surface area contributed by atoms with E-state index in [-0.39, 0.29) is 17.2 Å². The zero-order chi connectivity index (χ0) is 18.1. The smallest absolute Gasteiger partial charge is 0.259 e. The largest absolute Gasteiger partial charge is 0.306 e. The van der Waals surface area contributed by atoms with Gasteiger partial charge in [-0.05, 0) is 12.1 Å². The zero-order valence-corrected chi connectivity index (χ0v) is 13.3. The molecule has 0 aliphatic rings. The summed E-state index contributed by atoms with van der Waals surface area (Å²) < 4.78 is 15.1. The Morgan fingerprint density at radius 2 is 1.81 bits per heavy atom. The Morgan fingerprint density at radius 1 is 1.08 bits per heavy atom. The molecule has 0 radical (unpaired) electrons. The van der Waals surface area contributed by atoms with Crippen molar-refractivity contribution in [2.45, 2.75) is 0 Å². The average Bonchev–Trinajstić information content (AvgIpc) is 3.07. The molecule has 0 saturated carbocycles. The minimum Gasteiger partial charge on any atom is -0.306 e. The van der Waals surface area contributed by atoms with Crippen LogP contribution in [-0.2, 0) is 0 Å². The molecule has 0 spiro atoms. The first kappa shape index (κ1) is 15.7. The van der Waals surface area contributed by atoms with Crippen LogP contribution < -0.4 is 10.9 Å². The lowest BCUT2D eigenvalue weighted by Crippen LogP contribution is -2.19. The third-order valence-electron chi connectivity index (χ3n) is 3.73. The van der Waals surface area contributed by atoms with E-state index in [4.69, 9.17) is 0 Å². The summed E-state index contributed by atoms with van der Waals surface area (Å²) in [6, 6.07) is 15.9. The standard InChI is InChI=1S/C18H12FN5O2/c19-13-9-5-4-8-12(13)17(26)20-14-10-15(25)21-18-22-16(23-24(14)18)11-6-2-1-3-7-11/h1-10H,(H,20,26)(H,21,22,23,25). The highest BCUT2D eigenvalue weighted by Gasteiger charge is 2.15. The molecule has 1 amide bonds. The molecule has 4 rings (SSSR count). The summed E-state index contributed by atoms with van der Waals surface area (Å²) in [4.78, 5) is 31.0. The molecule has 0 aliphatic carbocycles. The number of aromatic nitrogens is 4. The van der Waals surface area contributed by atoms with Crippen LogP contribution in [0.1, 0.15) is 10.4 Å². The normalized spacial score (nSPS) is 10.8. The van der Waals surface area contributed by atoms with Crippen LogP contribution in [0.4, 0.5) is 10.2 Å². The van der Waals surface area contributed by atoms with Gasteiger partial charge in [-0.1, -0.05) is 42.5 Å². The van der Waals surface area contributed by atoms with Crippen molar-refractivity contribution >= 4 is 17.5 Å². The molecule has 2 N–H and O–H groups in total. The first-order chi connectivity index (χ1) is 12.6. The van der Waals surface area contributed by atoms with Gasteiger partial charge in [-0.15, -0.1) is 5.10 Å². The Morgan fingerprint density at radius 3 is 2.58 bits per heavy atom. The monoisotopic (exact) mass is 349 g/mol. The van der Waals surface area contributed by atoms with E-state index in [1.165, 1.54) is 22.7 Å². The number of hydrogen-bond donors (Lipinski definition) is 2. The third-order valence-corrected chi connectivity index (χ3v) is 3.73. The van der Waals surface area contributed by atoms with Gasteiger partial charge in [0, 0.05) is 11.6 Å². The van der Waals surface area contributed by atoms with Crippen molar-refractivity contribution in [3.05, 3.63) is 82.4 Å². The number of aromatic amines is 1. The van der Waals surface area contributed by atoms with Gasteiger partial charge in [0.2, 0.25) is 5.78 Å². The summed E-state index contributed by atoms with van der Waals surface area (Å²) in [5, 5.41) is 6.83. The highest BCUT2D eigenvalue weighted by atomic mass is 19.1. The van der Waals surface area contributed by atoms with Gasteiger partial charge in [0.25, 0.3) is 11.5 Å². The highest BCUT2D eigenvalue weighted by Crippen LogP contribution is 2.17. The van der Waals surface area contributed by atoms with Crippen molar-refractivity contribution in [3.8, 4) is 11.4 Å². The summed E-state index contributed by atoms with van der Waals surface area (Å²) in [5.74, 6) is -0.706. The molecule has 2 heterocycles. The van der Waals surface area contributed by atoms with Crippen molar-refractivity contribution < 1.29 is 9.18 Å². The number of halogens is 1. The van der Waals surface area contributed by atoms with Gasteiger partial charge < -0.3 is 5.32 Å². The van der Waals surface area contributed by atoms with Gasteiger partial charge in [-0.25, -0.2) is 4.39 Å². The number of fused-ring (bicyclic) bond motifs is 1. The molecule has 2 aromatic carbocycles. The van der Waals surface area contributed by atoms with Crippen LogP contribution in [0, 0.1) is 5.82 Å². The molecule has 7 nitrogen and oxygen atoms in total. The molecule has 8 heteroatoms. The summed E-state index contributed by atoms with van der Waals surface area (Å²) in [6.07, 6.45) is 0. The molecular formula is C18H12FN5O2. The Hall–Kier alpha value is -3.81. The number of rotatable bonds is 3. The van der Waals surface area contributed by atoms with Crippen LogP contribution in [0.15, 0.2) is 65.5 Å². The fraction of sp³-hybridized carbons (Fsp3) is 0. The third kappa shape index (κ3) is 2.84. The molecule has 2 aromatic heterocycles. The van der Waals surface area contributed by atoms with Crippen molar-refractivity contribution in [2.24, 2.45) is 0 Å². The maximum Gasteiger partial charge on any atom is 0.259 e. The Balaban J connectivity index is 1.78. The van der Waals surface area contributed by atoms with E-state index in [0.29, 0.717) is 5.82 Å². The lowest BCUT2D eigenvalue weighted by atomic mass is 10.2. The second-order valence-electron chi connectivity index (χ2n) is 5.49. The fourth-order valence-corrected chi connectivity index (χ4v) is 2.52. The minimum absolute atomic E-state index is 0.0895. The second-order valence-corrected chi connectivity index (χ2v) is 5.49. The van der Waals surface area contributed by atoms with E-state index < -0.39 is 17.3 Å². The molecular weight excluding hydrogens is 337 g/mol. The van der Waals surface area contributed by atoms with E-state index >= 15 is 0 Å². The van der Waals surface area contributed by atoms with Crippen LogP contribution in [0.25, 0.3) is 17.2 Å². The van der Waals surface area contributed by atoms with Crippen LogP contribution in [0.2, 0.25) is 0 Å². The highest BCUT2D eigenvalue weighted by molar-refractivity contribution is 6.04. The van der Waals surface area contributed by atoms with Crippen LogP contribution >= 0.6 is 0 Å². The van der Waals surface area contributed by atoms with Gasteiger partial charge in [-0.3, -0.25) is 14.6 Å². The first-order valence-corrected chi connectivity index (χ1v) is 7.73. The molecule has 0 saturated heterocycles. The topological polar surface area (TPSA) is 92.1 Å². The Kier molecular flexibility index (Phi) is 3.77. The van der Waals surface area contributed by atoms with E-state index in [9.17, 15) is 14.0 Å². The molecule has 0 atom stereocenters. The quantitative estimate of drug-likeness (QED) is 0.594. The van der Waals surface area contributed by atoms with E-state index in [1.807, 2.05) is 30.3 Å². The molecule has 26 heavy (non-hydrogen) atoms. The number of hydrogen-bond acceptors (Lipinski definition) is 4. The van der Waals surface area contributed by atoms with Crippen molar-refractivity contribution in [3.63, 3.8) is 0 Å². The van der Waals surface area contributed by atoms with Gasteiger partial charge in [0.05, 0.1) is 5.56 Å². The molecule has 0 aliphatic heterocycles. The lowest BCUT2D eigenvalue weighted by Gasteiger charge is -2.06. The molecule has 4 aromatic rings. The number of nitrogens with zero attached hydrogens (tertiary/aromatic N) is 3. The number of nitrogens with one attached hydrogen (secondary N) is 2. The first-order valence-electron chi connectivity index (χ1n) is 7.73. The molecule has 128 valence electrons. The van der Waals surface area contributed by atoms with Crippen LogP contribution in [-0.4, -0.2) is 25.5 Å². The molecule has 0 bridgehead atoms. The SMILES string of the molecule is O=C(Nc1cc(=O)[nH]c2nc(-c3ccccc3)nn12)c1ccccc1F. The number of H-pyrrole nitrogens is 1. The summed E-state index contributed by atoms with van der Waals surface area (Å²) >= 11 is 0. The zero-order valence-electron chi connectivity index (χ0n) is 13.3. The van der Waals surface area contributed by atoms with Gasteiger partial charge in [-0.2, -0.15) is 9.50 Å². The summed E-state index contributed by atoms with van der Waals surface area (Å²) in [6.45, 7) is 0. The number of carbonyl (C=O) groups excluding carboxylic acids is 1. The summed E-state index contributed by atoms with van der Waals surface area (Å²) in [5.41, 5.74) is 0.154. The predicted molar refractivity (Wildman–Crippen MR) is 93.4 cm³/mol. The summed E-state index contributed by atoms with van der Waals surface area (Å²) in [7, 11) is 0. The van der Waals surface area contributed by atoms with E-state index in [0.717, 1.165) is 11.6 Å². The van der Waals surface area contributed by atoms with Gasteiger partial charge >= 0.3 is 0 Å². The number of amides is 1. The second kappa shape index (κ2) is 6.25. The van der Waals surface area contributed by atoms with Gasteiger partial charge in [0.15, 0.2) is 5.82 Å². The van der Waals surface area contributed by atoms with Crippen LogP contribution in [0.5, 0.6) is 0 Å². The van der Waals surface area contributed by atoms with E-state index in [2.05, 4.69) is 20.4 Å². The minimum atomic E-state index is -0.688. The van der Waals surface area contributed by atoms with Crippen molar-refractivity contribution in [1.29, 1.82) is 0 Å². The average molecular weight is 349 g/mol. The predicted octanol–water partition coefficient (Wildman–Crippen LogP) is 2.48.